The van der Waals surface area contributed by atoms with E-state index in [1.807, 2.05) is 0 Å². The number of hydrogen-bond donors (Lipinski definition) is 1. The largest absolute Gasteiger partial charge is 0.366 e. The van der Waals surface area contributed by atoms with Crippen LogP contribution < -0.4 is 5.73 Å². The molecule has 0 unspecified atom stereocenters. The fraction of sp³-hybridized carbons (Fsp3) is 0. The van der Waals surface area contributed by atoms with Crippen LogP contribution in [0.25, 0.3) is 0 Å². The molecule has 0 aliphatic carbocycles. The first-order valence-electron chi connectivity index (χ1n) is 3.54. The predicted octanol–water partition coefficient (Wildman–Crippen LogP) is 3.44. The number of benzene rings is 1. The molecule has 1 aromatic rings. The Morgan fingerprint density at radius 2 is 1.67 bits per heavy atom. The van der Waals surface area contributed by atoms with E-state index in [9.17, 15) is 24.2 Å². The van der Waals surface area contributed by atoms with Crippen molar-refractivity contribution in [2.24, 2.45) is 5.73 Å². The van der Waals surface area contributed by atoms with Gasteiger partial charge in [-0.25, -0.2) is 0 Å². The molecule has 0 aromatic heterocycles. The summed E-state index contributed by atoms with van der Waals surface area (Å²) >= 11 is 0. The highest BCUT2D eigenvalue weighted by molar-refractivity contribution is 8.45. The van der Waals surface area contributed by atoms with Crippen LogP contribution in [-0.4, -0.2) is 5.91 Å². The highest BCUT2D eigenvalue weighted by Crippen LogP contribution is 3.02. The molecule has 1 aromatic carbocycles. The van der Waals surface area contributed by atoms with Crippen LogP contribution in [0.15, 0.2) is 29.2 Å². The second-order valence-corrected chi connectivity index (χ2v) is 5.27. The van der Waals surface area contributed by atoms with Gasteiger partial charge in [0, 0.05) is 5.56 Å². The minimum absolute atomic E-state index is 0.0455. The van der Waals surface area contributed by atoms with E-state index in [2.05, 4.69) is 5.73 Å². The van der Waals surface area contributed by atoms with Crippen molar-refractivity contribution < 1.29 is 24.2 Å². The van der Waals surface area contributed by atoms with Crippen LogP contribution in [0, 0.1) is 0 Å². The second kappa shape index (κ2) is 2.43. The van der Waals surface area contributed by atoms with Gasteiger partial charge in [0.1, 0.15) is 4.90 Å². The molecule has 0 saturated heterocycles. The molecule has 8 heteroatoms. The first kappa shape index (κ1) is 11.8. The van der Waals surface area contributed by atoms with E-state index in [1.165, 1.54) is 0 Å². The summed E-state index contributed by atoms with van der Waals surface area (Å²) < 4.78 is 61.2. The van der Waals surface area contributed by atoms with E-state index in [-0.39, 0.29) is 12.1 Å². The van der Waals surface area contributed by atoms with Gasteiger partial charge in [-0.05, 0) is 18.2 Å². The van der Waals surface area contributed by atoms with Crippen LogP contribution in [0.1, 0.15) is 10.4 Å². The average Bonchev–Trinajstić information content (AvgIpc) is 2.00. The topological polar surface area (TPSA) is 43.1 Å². The summed E-state index contributed by atoms with van der Waals surface area (Å²) in [5.74, 6) is -1.20. The smallest absolute Gasteiger partial charge is 0.310 e. The van der Waals surface area contributed by atoms with Crippen molar-refractivity contribution in [2.45, 2.75) is 4.90 Å². The van der Waals surface area contributed by atoms with Crippen molar-refractivity contribution >= 4 is 16.1 Å². The molecule has 0 bridgehead atoms. The first-order chi connectivity index (χ1) is 6.40. The minimum Gasteiger partial charge on any atom is -0.366 e. The van der Waals surface area contributed by atoms with E-state index < -0.39 is 26.6 Å². The van der Waals surface area contributed by atoms with Crippen LogP contribution in [0.3, 0.4) is 0 Å². The van der Waals surface area contributed by atoms with Gasteiger partial charge in [0.05, 0.1) is 0 Å². The van der Waals surface area contributed by atoms with Crippen LogP contribution >= 0.6 is 10.2 Å². The number of primary amides is 1. The van der Waals surface area contributed by atoms with Crippen LogP contribution in [0.5, 0.6) is 0 Å². The summed E-state index contributed by atoms with van der Waals surface area (Å²) in [6.45, 7) is 0. The van der Waals surface area contributed by atoms with Gasteiger partial charge in [-0.15, -0.1) is 0 Å². The van der Waals surface area contributed by atoms with Crippen molar-refractivity contribution in [3.63, 3.8) is 0 Å². The third kappa shape index (κ3) is 2.82. The summed E-state index contributed by atoms with van der Waals surface area (Å²) in [4.78, 5) is 8.39. The maximum absolute atomic E-state index is 12.2. The highest BCUT2D eigenvalue weighted by atomic mass is 32.5. The lowest BCUT2D eigenvalue weighted by molar-refractivity contribution is 0.1000. The van der Waals surface area contributed by atoms with E-state index in [0.717, 1.165) is 6.07 Å². The Morgan fingerprint density at radius 3 is 2.07 bits per heavy atom. The van der Waals surface area contributed by atoms with Gasteiger partial charge in [-0.2, -0.15) is 0 Å². The van der Waals surface area contributed by atoms with E-state index in [1.54, 1.807) is 0 Å². The van der Waals surface area contributed by atoms with Gasteiger partial charge in [-0.3, -0.25) is 4.79 Å². The average molecular weight is 247 g/mol. The standard InChI is InChI=1S/C7H6F5NOS/c8-15(9,10,11,12)6-3-1-2-5(4-6)7(13)14/h1-4H,(H2,13,14). The number of nitrogens with two attached hydrogens (primary N) is 1. The molecule has 0 atom stereocenters. The van der Waals surface area contributed by atoms with Gasteiger partial charge in [-0.1, -0.05) is 25.5 Å². The van der Waals surface area contributed by atoms with Crippen LogP contribution in [0.4, 0.5) is 19.4 Å². The zero-order valence-electron chi connectivity index (χ0n) is 7.09. The maximum atomic E-state index is 12.2. The molecule has 0 saturated carbocycles. The summed E-state index contributed by atoms with van der Waals surface area (Å²) in [6, 6.07) is 1.88. The van der Waals surface area contributed by atoms with E-state index in [0.29, 0.717) is 6.07 Å². The fourth-order valence-corrected chi connectivity index (χ4v) is 1.57. The van der Waals surface area contributed by atoms with Crippen molar-refractivity contribution in [1.29, 1.82) is 0 Å². The molecule has 2 N–H and O–H groups in total. The van der Waals surface area contributed by atoms with Gasteiger partial charge >= 0.3 is 10.2 Å². The Balaban J connectivity index is 3.43. The molecule has 0 aliphatic rings. The van der Waals surface area contributed by atoms with Gasteiger partial charge in [0.15, 0.2) is 0 Å². The SMILES string of the molecule is NC(=O)c1cccc(S(F)(F)(F)(F)F)c1. The third-order valence-corrected chi connectivity index (χ3v) is 2.71. The Bertz CT molecular complexity index is 426. The molecule has 2 nitrogen and oxygen atoms in total. The van der Waals surface area contributed by atoms with Gasteiger partial charge < -0.3 is 5.73 Å². The third-order valence-electron chi connectivity index (χ3n) is 1.56. The fourth-order valence-electron chi connectivity index (χ4n) is 0.889. The summed E-state index contributed by atoms with van der Waals surface area (Å²) in [6.07, 6.45) is 0. The van der Waals surface area contributed by atoms with E-state index >= 15 is 0 Å². The Hall–Kier alpha value is -1.31. The number of hydrogen-bond acceptors (Lipinski definition) is 1. The first-order valence-corrected chi connectivity index (χ1v) is 5.49. The van der Waals surface area contributed by atoms with Crippen molar-refractivity contribution in [2.75, 3.05) is 0 Å². The predicted molar refractivity (Wildman–Crippen MR) is 46.4 cm³/mol. The Kier molecular flexibility index (Phi) is 1.91. The zero-order valence-corrected chi connectivity index (χ0v) is 7.91. The summed E-state index contributed by atoms with van der Waals surface area (Å²) in [5.41, 5.74) is 4.06. The summed E-state index contributed by atoms with van der Waals surface area (Å²) in [7, 11) is -9.72. The molecule has 1 amide bonds. The molecule has 0 heterocycles. The monoisotopic (exact) mass is 247 g/mol. The number of carbonyl (C=O) groups excluding carboxylic acids is 1. The highest BCUT2D eigenvalue weighted by Gasteiger charge is 2.65. The molecule has 0 spiro atoms. The van der Waals surface area contributed by atoms with Gasteiger partial charge in [0.25, 0.3) is 0 Å². The number of carbonyl (C=O) groups is 1. The Morgan fingerprint density at radius 1 is 1.13 bits per heavy atom. The van der Waals surface area contributed by atoms with Gasteiger partial charge in [0.2, 0.25) is 5.91 Å². The van der Waals surface area contributed by atoms with Crippen molar-refractivity contribution in [1.82, 2.24) is 0 Å². The molecule has 1 rings (SSSR count). The molecule has 0 radical (unpaired) electrons. The zero-order chi connectivity index (χ0) is 12.0. The lowest BCUT2D eigenvalue weighted by Gasteiger charge is -2.40. The number of halogens is 5. The molecule has 0 fully saturated rings. The lowest BCUT2D eigenvalue weighted by Crippen LogP contribution is -2.13. The van der Waals surface area contributed by atoms with Crippen LogP contribution in [-0.2, 0) is 0 Å². The van der Waals surface area contributed by atoms with Crippen molar-refractivity contribution in [3.8, 4) is 0 Å². The number of amides is 1. The quantitative estimate of drug-likeness (QED) is 0.799. The molecule has 0 aliphatic heterocycles. The normalized spacial score (nSPS) is 16.6. The molecule has 15 heavy (non-hydrogen) atoms. The lowest BCUT2D eigenvalue weighted by atomic mass is 10.2. The van der Waals surface area contributed by atoms with Crippen molar-refractivity contribution in [3.05, 3.63) is 29.8 Å². The maximum Gasteiger partial charge on any atom is 0.310 e. The molecular formula is C7H6F5NOS. The molecule has 86 valence electrons. The minimum atomic E-state index is -9.72. The van der Waals surface area contributed by atoms with Crippen LogP contribution in [0.2, 0.25) is 0 Å². The Labute approximate surface area is 81.6 Å². The van der Waals surface area contributed by atoms with E-state index in [4.69, 9.17) is 0 Å². The summed E-state index contributed by atoms with van der Waals surface area (Å²) in [5, 5.41) is 0. The molecular weight excluding hydrogens is 241 g/mol. The number of rotatable bonds is 2. The second-order valence-electron chi connectivity index (χ2n) is 2.86.